The summed E-state index contributed by atoms with van der Waals surface area (Å²) in [6.07, 6.45) is 5.23. The van der Waals surface area contributed by atoms with Crippen LogP contribution < -0.4 is 14.9 Å². The Morgan fingerprint density at radius 1 is 1.21 bits per heavy atom. The molecule has 0 N–H and O–H groups in total. The molecule has 0 saturated carbocycles. The molecule has 172 valence electrons. The summed E-state index contributed by atoms with van der Waals surface area (Å²) in [6, 6.07) is 14.9. The number of benzene rings is 2. The molecule has 0 radical (unpaired) electrons. The van der Waals surface area contributed by atoms with Crippen LogP contribution in [-0.2, 0) is 9.53 Å². The van der Waals surface area contributed by atoms with Crippen LogP contribution in [0.4, 0.5) is 5.69 Å². The van der Waals surface area contributed by atoms with Crippen LogP contribution in [-0.4, -0.2) is 22.1 Å². The van der Waals surface area contributed by atoms with Crippen molar-refractivity contribution in [1.29, 1.82) is 0 Å². The number of fused-ring (bicyclic) bond motifs is 1. The SMILES string of the molecule is CCOC(=O)C1=C(C)N=c2sc(=Cc3cccc([N+](=O)[O-])c3)c(=O)n2C1C=Cc1ccccc1. The molecule has 1 aliphatic heterocycles. The highest BCUT2D eigenvalue weighted by molar-refractivity contribution is 7.07. The monoisotopic (exact) mass is 475 g/mol. The number of thiazole rings is 1. The predicted molar refractivity (Wildman–Crippen MR) is 130 cm³/mol. The average Bonchev–Trinajstić information content (AvgIpc) is 3.12. The van der Waals surface area contributed by atoms with Gasteiger partial charge in [0, 0.05) is 12.1 Å². The summed E-state index contributed by atoms with van der Waals surface area (Å²) in [5, 5.41) is 11.1. The first-order valence-electron chi connectivity index (χ1n) is 10.6. The molecule has 34 heavy (non-hydrogen) atoms. The molecule has 2 aromatic carbocycles. The Balaban J connectivity index is 1.87. The Hall–Kier alpha value is -4.11. The van der Waals surface area contributed by atoms with E-state index in [0.29, 0.717) is 26.2 Å². The molecule has 8 nitrogen and oxygen atoms in total. The zero-order chi connectivity index (χ0) is 24.2. The van der Waals surface area contributed by atoms with E-state index in [1.807, 2.05) is 36.4 Å². The average molecular weight is 476 g/mol. The Labute approximate surface area is 198 Å². The van der Waals surface area contributed by atoms with Crippen molar-refractivity contribution in [2.45, 2.75) is 19.9 Å². The standard InChI is InChI=1S/C25H21N3O5S/c1-3-33-24(30)22-16(2)26-25-27(20(22)13-12-17-8-5-4-6-9-17)23(29)21(34-25)15-18-10-7-11-19(14-18)28(31)32/h4-15,20H,3H2,1-2H3. The zero-order valence-corrected chi connectivity index (χ0v) is 19.3. The van der Waals surface area contributed by atoms with Crippen molar-refractivity contribution >= 4 is 35.1 Å². The highest BCUT2D eigenvalue weighted by atomic mass is 32.1. The number of nitro benzene ring substituents is 1. The molecule has 9 heteroatoms. The van der Waals surface area contributed by atoms with Gasteiger partial charge in [0.15, 0.2) is 4.80 Å². The first kappa shape index (κ1) is 23.1. The molecule has 1 atom stereocenters. The van der Waals surface area contributed by atoms with Gasteiger partial charge in [-0.1, -0.05) is 66.0 Å². The van der Waals surface area contributed by atoms with Crippen molar-refractivity contribution in [1.82, 2.24) is 4.57 Å². The van der Waals surface area contributed by atoms with Gasteiger partial charge in [-0.15, -0.1) is 0 Å². The molecule has 0 fully saturated rings. The highest BCUT2D eigenvalue weighted by Gasteiger charge is 2.30. The van der Waals surface area contributed by atoms with Gasteiger partial charge in [0.1, 0.15) is 0 Å². The third-order valence-electron chi connectivity index (χ3n) is 5.21. The Morgan fingerprint density at radius 2 is 1.94 bits per heavy atom. The van der Waals surface area contributed by atoms with E-state index in [2.05, 4.69) is 4.99 Å². The molecule has 2 heterocycles. The van der Waals surface area contributed by atoms with Crippen molar-refractivity contribution in [3.05, 3.63) is 113 Å². The first-order valence-corrected chi connectivity index (χ1v) is 11.4. The maximum absolute atomic E-state index is 13.4. The largest absolute Gasteiger partial charge is 0.463 e. The molecule has 1 aromatic heterocycles. The first-order chi connectivity index (χ1) is 16.4. The number of nitro groups is 1. The molecule has 1 aliphatic rings. The summed E-state index contributed by atoms with van der Waals surface area (Å²) < 4.78 is 7.07. The lowest BCUT2D eigenvalue weighted by atomic mass is 10.0. The van der Waals surface area contributed by atoms with Crippen LogP contribution in [0.5, 0.6) is 0 Å². The van der Waals surface area contributed by atoms with Crippen LogP contribution in [0, 0.1) is 10.1 Å². The number of esters is 1. The van der Waals surface area contributed by atoms with Gasteiger partial charge >= 0.3 is 5.97 Å². The molecule has 4 rings (SSSR count). The Morgan fingerprint density at radius 3 is 2.65 bits per heavy atom. The topological polar surface area (TPSA) is 104 Å². The molecule has 0 spiro atoms. The molecular weight excluding hydrogens is 454 g/mol. The van der Waals surface area contributed by atoms with E-state index in [1.54, 1.807) is 38.1 Å². The Kier molecular flexibility index (Phi) is 6.65. The summed E-state index contributed by atoms with van der Waals surface area (Å²) in [4.78, 5) is 41.8. The third-order valence-corrected chi connectivity index (χ3v) is 6.19. The van der Waals surface area contributed by atoms with Gasteiger partial charge in [-0.3, -0.25) is 19.5 Å². The number of nitrogens with zero attached hydrogens (tertiary/aromatic N) is 3. The summed E-state index contributed by atoms with van der Waals surface area (Å²) in [5.74, 6) is -0.528. The van der Waals surface area contributed by atoms with Crippen molar-refractivity contribution < 1.29 is 14.5 Å². The third kappa shape index (κ3) is 4.65. The summed E-state index contributed by atoms with van der Waals surface area (Å²) >= 11 is 1.17. The van der Waals surface area contributed by atoms with E-state index in [1.165, 1.54) is 28.0 Å². The fourth-order valence-corrected chi connectivity index (χ4v) is 4.72. The quantitative estimate of drug-likeness (QED) is 0.309. The van der Waals surface area contributed by atoms with E-state index in [4.69, 9.17) is 4.74 Å². The maximum Gasteiger partial charge on any atom is 0.338 e. The second-order valence-corrected chi connectivity index (χ2v) is 8.48. The lowest BCUT2D eigenvalue weighted by Crippen LogP contribution is -2.38. The molecule has 0 bridgehead atoms. The molecule has 3 aromatic rings. The highest BCUT2D eigenvalue weighted by Crippen LogP contribution is 2.26. The van der Waals surface area contributed by atoms with Crippen molar-refractivity contribution in [2.24, 2.45) is 4.99 Å². The number of ether oxygens (including phenoxy) is 1. The van der Waals surface area contributed by atoms with Gasteiger partial charge in [-0.25, -0.2) is 9.79 Å². The lowest BCUT2D eigenvalue weighted by molar-refractivity contribution is -0.384. The van der Waals surface area contributed by atoms with Crippen LogP contribution >= 0.6 is 11.3 Å². The van der Waals surface area contributed by atoms with Gasteiger partial charge in [0.25, 0.3) is 11.2 Å². The van der Waals surface area contributed by atoms with Gasteiger partial charge in [-0.05, 0) is 31.1 Å². The molecule has 1 unspecified atom stereocenters. The van der Waals surface area contributed by atoms with Crippen molar-refractivity contribution in [2.75, 3.05) is 6.61 Å². The van der Waals surface area contributed by atoms with Crippen LogP contribution in [0.2, 0.25) is 0 Å². The smallest absolute Gasteiger partial charge is 0.338 e. The maximum atomic E-state index is 13.4. The fourth-order valence-electron chi connectivity index (χ4n) is 3.66. The number of non-ortho nitro benzene ring substituents is 1. The fraction of sp³-hybridized carbons (Fsp3) is 0.160. The number of carbonyl (C=O) groups is 1. The number of hydrogen-bond donors (Lipinski definition) is 0. The summed E-state index contributed by atoms with van der Waals surface area (Å²) in [6.45, 7) is 3.63. The molecule has 0 saturated heterocycles. The number of allylic oxidation sites excluding steroid dienone is 2. The van der Waals surface area contributed by atoms with E-state index in [-0.39, 0.29) is 17.9 Å². The Bertz CT molecular complexity index is 1500. The van der Waals surface area contributed by atoms with Crippen molar-refractivity contribution in [3.8, 4) is 0 Å². The molecule has 0 amide bonds. The van der Waals surface area contributed by atoms with Crippen molar-refractivity contribution in [3.63, 3.8) is 0 Å². The second kappa shape index (κ2) is 9.80. The van der Waals surface area contributed by atoms with E-state index < -0.39 is 16.9 Å². The number of rotatable bonds is 6. The van der Waals surface area contributed by atoms with Crippen LogP contribution in [0.1, 0.15) is 31.0 Å². The van der Waals surface area contributed by atoms with Gasteiger partial charge < -0.3 is 4.74 Å². The summed E-state index contributed by atoms with van der Waals surface area (Å²) in [7, 11) is 0. The van der Waals surface area contributed by atoms with E-state index >= 15 is 0 Å². The second-order valence-electron chi connectivity index (χ2n) is 7.47. The van der Waals surface area contributed by atoms with Crippen LogP contribution in [0.3, 0.4) is 0 Å². The zero-order valence-electron chi connectivity index (χ0n) is 18.5. The van der Waals surface area contributed by atoms with Gasteiger partial charge in [0.05, 0.1) is 33.4 Å². The van der Waals surface area contributed by atoms with Gasteiger partial charge in [0.2, 0.25) is 0 Å². The minimum absolute atomic E-state index is 0.0642. The van der Waals surface area contributed by atoms with Crippen LogP contribution in [0.25, 0.3) is 12.2 Å². The van der Waals surface area contributed by atoms with Crippen LogP contribution in [0.15, 0.2) is 81.7 Å². The minimum Gasteiger partial charge on any atom is -0.463 e. The van der Waals surface area contributed by atoms with E-state index in [9.17, 15) is 19.7 Å². The summed E-state index contributed by atoms with van der Waals surface area (Å²) in [5.41, 5.74) is 1.81. The van der Waals surface area contributed by atoms with E-state index in [0.717, 1.165) is 5.56 Å². The minimum atomic E-state index is -0.706. The van der Waals surface area contributed by atoms with Gasteiger partial charge in [-0.2, -0.15) is 0 Å². The predicted octanol–water partition coefficient (Wildman–Crippen LogP) is 3.37. The number of carbonyl (C=O) groups excluding carboxylic acids is 1. The molecule has 0 aliphatic carbocycles. The lowest BCUT2D eigenvalue weighted by Gasteiger charge is -2.21. The number of aromatic nitrogens is 1. The normalized spacial score (nSPS) is 15.8. The molecular formula is C25H21N3O5S. The number of hydrogen-bond acceptors (Lipinski definition) is 7.